The van der Waals surface area contributed by atoms with E-state index in [2.05, 4.69) is 0 Å². The van der Waals surface area contributed by atoms with E-state index in [1.807, 2.05) is 49.4 Å². The molecule has 4 rings (SSSR count). The summed E-state index contributed by atoms with van der Waals surface area (Å²) in [5.74, 6) is -2.24. The third-order valence-corrected chi connectivity index (χ3v) is 7.93. The van der Waals surface area contributed by atoms with E-state index < -0.39 is 23.4 Å². The van der Waals surface area contributed by atoms with Gasteiger partial charge in [-0.3, -0.25) is 4.79 Å². The minimum Gasteiger partial charge on any atom is -0.497 e. The van der Waals surface area contributed by atoms with Gasteiger partial charge in [-0.25, -0.2) is 4.39 Å². The van der Waals surface area contributed by atoms with E-state index in [-0.39, 0.29) is 5.97 Å². The number of ether oxygens (including phenoxy) is 5. The molecule has 1 aliphatic rings. The molecule has 0 fully saturated rings. The Kier molecular flexibility index (Phi) is 8.19. The van der Waals surface area contributed by atoms with Gasteiger partial charge in [0.2, 0.25) is 0 Å². The van der Waals surface area contributed by atoms with Crippen LogP contribution in [0.25, 0.3) is 0 Å². The van der Waals surface area contributed by atoms with Gasteiger partial charge in [0, 0.05) is 17.7 Å². The van der Waals surface area contributed by atoms with Crippen LogP contribution >= 0.6 is 11.3 Å². The summed E-state index contributed by atoms with van der Waals surface area (Å²) in [6.45, 7) is 6.30. The van der Waals surface area contributed by atoms with Crippen LogP contribution in [0.2, 0.25) is 0 Å². The highest BCUT2D eigenvalue weighted by Crippen LogP contribution is 2.44. The fraction of sp³-hybridized carbons (Fsp3) is 0.345. The number of benzene rings is 2. The van der Waals surface area contributed by atoms with Crippen LogP contribution in [-0.2, 0) is 42.7 Å². The molecular weight excluding hydrogens is 495 g/mol. The van der Waals surface area contributed by atoms with Crippen molar-refractivity contribution in [1.82, 2.24) is 0 Å². The van der Waals surface area contributed by atoms with Gasteiger partial charge in [0.15, 0.2) is 0 Å². The number of thiophene rings is 1. The zero-order valence-electron chi connectivity index (χ0n) is 21.6. The summed E-state index contributed by atoms with van der Waals surface area (Å²) in [5.41, 5.74) is 3.96. The number of aryl methyl sites for hydroxylation is 1. The van der Waals surface area contributed by atoms with Gasteiger partial charge in [-0.05, 0) is 47.4 Å². The van der Waals surface area contributed by atoms with Crippen LogP contribution in [0.15, 0.2) is 61.1 Å². The lowest BCUT2D eigenvalue weighted by molar-refractivity contribution is -0.145. The minimum atomic E-state index is -1.24. The summed E-state index contributed by atoms with van der Waals surface area (Å²) >= 11 is 1.23. The standard InChI is InChI=1S/C29H31FO6S/c1-18-6-9-21(14-22(18)17-34-16-20-7-10-23(32-4)11-8-20)26(19(2)28(31)33-5)25-15-24(30)27(37-25)29(3)35-12-13-36-29/h6-15,19,26H,16-17H2,1-5H3. The number of esters is 1. The van der Waals surface area contributed by atoms with Crippen molar-refractivity contribution in [3.05, 3.63) is 98.9 Å². The van der Waals surface area contributed by atoms with Gasteiger partial charge in [-0.2, -0.15) is 0 Å². The summed E-state index contributed by atoms with van der Waals surface area (Å²) in [6.07, 6.45) is 2.79. The topological polar surface area (TPSA) is 63.2 Å². The lowest BCUT2D eigenvalue weighted by atomic mass is 9.84. The van der Waals surface area contributed by atoms with Gasteiger partial charge in [0.1, 0.15) is 29.0 Å². The molecule has 0 bridgehead atoms. The van der Waals surface area contributed by atoms with E-state index in [4.69, 9.17) is 23.7 Å². The average molecular weight is 527 g/mol. The summed E-state index contributed by atoms with van der Waals surface area (Å²) in [5, 5.41) is 0. The van der Waals surface area contributed by atoms with E-state index >= 15 is 4.39 Å². The monoisotopic (exact) mass is 526 g/mol. The maximum atomic E-state index is 15.1. The highest BCUT2D eigenvalue weighted by atomic mass is 32.1. The quantitative estimate of drug-likeness (QED) is 0.279. The largest absolute Gasteiger partial charge is 0.497 e. The predicted octanol–water partition coefficient (Wildman–Crippen LogP) is 6.55. The molecule has 8 heteroatoms. The number of hydrogen-bond acceptors (Lipinski definition) is 7. The Hall–Kier alpha value is -3.36. The highest BCUT2D eigenvalue weighted by Gasteiger charge is 2.39. The first-order valence-corrected chi connectivity index (χ1v) is 12.8. The number of carbonyl (C=O) groups is 1. The second-order valence-electron chi connectivity index (χ2n) is 9.10. The van der Waals surface area contributed by atoms with Gasteiger partial charge in [0.05, 0.1) is 33.4 Å². The molecule has 0 saturated heterocycles. The van der Waals surface area contributed by atoms with Gasteiger partial charge in [-0.1, -0.05) is 37.3 Å². The molecular formula is C29H31FO6S. The second-order valence-corrected chi connectivity index (χ2v) is 10.2. The number of methoxy groups -OCH3 is 2. The Bertz CT molecular complexity index is 1260. The summed E-state index contributed by atoms with van der Waals surface area (Å²) < 4.78 is 42.4. The Morgan fingerprint density at radius 3 is 2.41 bits per heavy atom. The van der Waals surface area contributed by atoms with Gasteiger partial charge >= 0.3 is 5.97 Å². The van der Waals surface area contributed by atoms with Crippen LogP contribution in [0.4, 0.5) is 4.39 Å². The Morgan fingerprint density at radius 2 is 1.76 bits per heavy atom. The lowest BCUT2D eigenvalue weighted by Crippen LogP contribution is -2.22. The molecule has 0 spiro atoms. The predicted molar refractivity (Wildman–Crippen MR) is 139 cm³/mol. The van der Waals surface area contributed by atoms with Gasteiger partial charge < -0.3 is 23.7 Å². The smallest absolute Gasteiger partial charge is 0.309 e. The van der Waals surface area contributed by atoms with Crippen molar-refractivity contribution in [3.63, 3.8) is 0 Å². The molecule has 3 aromatic rings. The molecule has 196 valence electrons. The van der Waals surface area contributed by atoms with Crippen molar-refractivity contribution in [2.45, 2.75) is 45.7 Å². The lowest BCUT2D eigenvalue weighted by Gasteiger charge is -2.24. The Labute approximate surface area is 220 Å². The van der Waals surface area contributed by atoms with E-state index in [1.54, 1.807) is 21.0 Å². The summed E-state index contributed by atoms with van der Waals surface area (Å²) in [4.78, 5) is 13.6. The van der Waals surface area contributed by atoms with Crippen molar-refractivity contribution in [2.24, 2.45) is 5.92 Å². The molecule has 2 unspecified atom stereocenters. The Morgan fingerprint density at radius 1 is 1.05 bits per heavy atom. The molecule has 0 amide bonds. The number of hydrogen-bond donors (Lipinski definition) is 0. The fourth-order valence-corrected chi connectivity index (χ4v) is 5.67. The van der Waals surface area contributed by atoms with Crippen LogP contribution in [-0.4, -0.2) is 20.2 Å². The molecule has 37 heavy (non-hydrogen) atoms. The molecule has 0 aliphatic carbocycles. The molecule has 2 heterocycles. The molecule has 0 radical (unpaired) electrons. The van der Waals surface area contributed by atoms with Crippen molar-refractivity contribution in [3.8, 4) is 5.75 Å². The van der Waals surface area contributed by atoms with Crippen LogP contribution in [0.3, 0.4) is 0 Å². The Balaban J connectivity index is 1.61. The van der Waals surface area contributed by atoms with Crippen molar-refractivity contribution >= 4 is 17.3 Å². The third kappa shape index (κ3) is 5.81. The van der Waals surface area contributed by atoms with Gasteiger partial charge in [0.25, 0.3) is 5.79 Å². The van der Waals surface area contributed by atoms with E-state index in [9.17, 15) is 4.79 Å². The van der Waals surface area contributed by atoms with E-state index in [0.717, 1.165) is 28.0 Å². The molecule has 1 aromatic heterocycles. The maximum Gasteiger partial charge on any atom is 0.309 e. The first-order chi connectivity index (χ1) is 17.8. The molecule has 6 nitrogen and oxygen atoms in total. The maximum absolute atomic E-state index is 15.1. The van der Waals surface area contributed by atoms with Crippen LogP contribution in [0.5, 0.6) is 5.75 Å². The first kappa shape index (κ1) is 26.7. The van der Waals surface area contributed by atoms with E-state index in [0.29, 0.717) is 23.0 Å². The molecule has 0 saturated carbocycles. The molecule has 1 aliphatic heterocycles. The number of carbonyl (C=O) groups excluding carboxylic acids is 1. The second kappa shape index (κ2) is 11.4. The third-order valence-electron chi connectivity index (χ3n) is 6.56. The van der Waals surface area contributed by atoms with E-state index in [1.165, 1.54) is 37.0 Å². The van der Waals surface area contributed by atoms with Crippen LogP contribution < -0.4 is 4.74 Å². The molecule has 2 atom stereocenters. The van der Waals surface area contributed by atoms with Crippen molar-refractivity contribution < 1.29 is 32.9 Å². The molecule has 0 N–H and O–H groups in total. The minimum absolute atomic E-state index is 0.310. The number of rotatable bonds is 10. The van der Waals surface area contributed by atoms with Gasteiger partial charge in [-0.15, -0.1) is 11.3 Å². The van der Waals surface area contributed by atoms with Crippen molar-refractivity contribution in [1.29, 1.82) is 0 Å². The molecule has 2 aromatic carbocycles. The number of halogens is 1. The van der Waals surface area contributed by atoms with Crippen LogP contribution in [0.1, 0.15) is 51.8 Å². The summed E-state index contributed by atoms with van der Waals surface area (Å²) in [7, 11) is 2.99. The fourth-order valence-electron chi connectivity index (χ4n) is 4.36. The summed E-state index contributed by atoms with van der Waals surface area (Å²) in [6, 6.07) is 15.2. The average Bonchev–Trinajstić information content (AvgIpc) is 3.52. The SMILES string of the molecule is COC(=O)C(C)C(c1ccc(C)c(COCc2ccc(OC)cc2)c1)c1cc(F)c(C2(C)OC=CO2)s1. The normalized spacial score (nSPS) is 15.5. The van der Waals surface area contributed by atoms with Crippen LogP contribution in [0, 0.1) is 18.7 Å². The highest BCUT2D eigenvalue weighted by molar-refractivity contribution is 7.12. The zero-order chi connectivity index (χ0) is 26.6. The zero-order valence-corrected chi connectivity index (χ0v) is 22.4. The van der Waals surface area contributed by atoms with Crippen molar-refractivity contribution in [2.75, 3.05) is 14.2 Å². The first-order valence-electron chi connectivity index (χ1n) is 11.9.